The normalized spacial score (nSPS) is 11.3. The number of hydrogen-bond acceptors (Lipinski definition) is 3. The smallest absolute Gasteiger partial charge is 0.191 e. The van der Waals surface area contributed by atoms with Gasteiger partial charge in [0.2, 0.25) is 0 Å². The molecule has 0 spiro atoms. The Morgan fingerprint density at radius 3 is 2.77 bits per heavy atom. The van der Waals surface area contributed by atoms with Crippen molar-refractivity contribution in [1.82, 2.24) is 10.6 Å². The first-order valence-corrected chi connectivity index (χ1v) is 8.39. The third-order valence-electron chi connectivity index (χ3n) is 3.19. The molecule has 118 valence electrons. The molecular weight excluding hydrogens is 294 g/mol. The predicted molar refractivity (Wildman–Crippen MR) is 93.8 cm³/mol. The minimum atomic E-state index is 0.689. The van der Waals surface area contributed by atoms with Crippen LogP contribution in [-0.2, 0) is 13.0 Å². The lowest BCUT2D eigenvalue weighted by molar-refractivity contribution is 0.336. The molecule has 0 atom stereocenters. The summed E-state index contributed by atoms with van der Waals surface area (Å²) >= 11 is 1.74. The van der Waals surface area contributed by atoms with Crippen molar-refractivity contribution in [2.24, 2.45) is 4.99 Å². The number of nitrogens with zero attached hydrogens (tertiary/aromatic N) is 1. The minimum absolute atomic E-state index is 0.689. The number of rotatable bonds is 7. The Kier molecular flexibility index (Phi) is 6.77. The molecule has 2 aromatic rings. The van der Waals surface area contributed by atoms with Crippen molar-refractivity contribution in [2.45, 2.75) is 19.9 Å². The highest BCUT2D eigenvalue weighted by atomic mass is 32.1. The number of hydrogen-bond donors (Lipinski definition) is 2. The monoisotopic (exact) mass is 317 g/mol. The molecule has 0 saturated carbocycles. The van der Waals surface area contributed by atoms with Gasteiger partial charge in [0.15, 0.2) is 5.96 Å². The molecule has 2 rings (SSSR count). The third kappa shape index (κ3) is 5.07. The van der Waals surface area contributed by atoms with Crippen LogP contribution in [-0.4, -0.2) is 26.2 Å². The molecule has 4 nitrogen and oxygen atoms in total. The summed E-state index contributed by atoms with van der Waals surface area (Å²) in [7, 11) is 1.79. The van der Waals surface area contributed by atoms with E-state index in [0.717, 1.165) is 31.2 Å². The van der Waals surface area contributed by atoms with E-state index >= 15 is 0 Å². The fourth-order valence-corrected chi connectivity index (χ4v) is 2.77. The van der Waals surface area contributed by atoms with Crippen molar-refractivity contribution in [3.8, 4) is 5.75 Å². The molecule has 0 aliphatic heterocycles. The van der Waals surface area contributed by atoms with E-state index in [2.05, 4.69) is 39.2 Å². The molecule has 0 amide bonds. The van der Waals surface area contributed by atoms with Gasteiger partial charge in [-0.1, -0.05) is 24.3 Å². The summed E-state index contributed by atoms with van der Waals surface area (Å²) in [6.07, 6.45) is 0.899. The number of para-hydroxylation sites is 1. The van der Waals surface area contributed by atoms with Gasteiger partial charge in [-0.2, -0.15) is 0 Å². The molecule has 0 aliphatic carbocycles. The van der Waals surface area contributed by atoms with E-state index < -0.39 is 0 Å². The van der Waals surface area contributed by atoms with Crippen molar-refractivity contribution in [2.75, 3.05) is 20.2 Å². The number of benzene rings is 1. The van der Waals surface area contributed by atoms with Crippen LogP contribution in [0.2, 0.25) is 0 Å². The second-order valence-corrected chi connectivity index (χ2v) is 5.75. The van der Waals surface area contributed by atoms with Gasteiger partial charge in [-0.3, -0.25) is 4.99 Å². The Bertz CT molecular complexity index is 581. The first kappa shape index (κ1) is 16.4. The molecule has 22 heavy (non-hydrogen) atoms. The number of ether oxygens (including phenoxy) is 1. The first-order valence-electron chi connectivity index (χ1n) is 7.51. The average molecular weight is 317 g/mol. The molecule has 5 heteroatoms. The van der Waals surface area contributed by atoms with Crippen LogP contribution in [0.1, 0.15) is 17.4 Å². The van der Waals surface area contributed by atoms with Gasteiger partial charge in [0.1, 0.15) is 5.75 Å². The molecule has 1 aromatic carbocycles. The maximum Gasteiger partial charge on any atom is 0.191 e. The molecule has 2 N–H and O–H groups in total. The fraction of sp³-hybridized carbons (Fsp3) is 0.353. The molecule has 0 aliphatic rings. The highest BCUT2D eigenvalue weighted by Crippen LogP contribution is 2.17. The maximum atomic E-state index is 5.65. The van der Waals surface area contributed by atoms with E-state index in [-0.39, 0.29) is 0 Å². The predicted octanol–water partition coefficient (Wildman–Crippen LogP) is 3.05. The second kappa shape index (κ2) is 9.10. The molecule has 0 radical (unpaired) electrons. The lowest BCUT2D eigenvalue weighted by Gasteiger charge is -2.13. The summed E-state index contributed by atoms with van der Waals surface area (Å²) in [6, 6.07) is 12.3. The van der Waals surface area contributed by atoms with Crippen LogP contribution < -0.4 is 15.4 Å². The SMILES string of the molecule is CCOc1ccccc1CCNC(=NC)NCc1cccs1. The molecular formula is C17H23N3OS. The summed E-state index contributed by atoms with van der Waals surface area (Å²) in [5, 5.41) is 8.73. The Morgan fingerprint density at radius 2 is 2.05 bits per heavy atom. The fourth-order valence-electron chi connectivity index (χ4n) is 2.13. The minimum Gasteiger partial charge on any atom is -0.494 e. The van der Waals surface area contributed by atoms with Gasteiger partial charge in [0, 0.05) is 18.5 Å². The van der Waals surface area contributed by atoms with Crippen molar-refractivity contribution in [3.63, 3.8) is 0 Å². The zero-order chi connectivity index (χ0) is 15.6. The van der Waals surface area contributed by atoms with Crippen molar-refractivity contribution in [3.05, 3.63) is 52.2 Å². The van der Waals surface area contributed by atoms with Gasteiger partial charge >= 0.3 is 0 Å². The average Bonchev–Trinajstić information content (AvgIpc) is 3.06. The van der Waals surface area contributed by atoms with E-state index in [0.29, 0.717) is 6.61 Å². The molecule has 1 aromatic heterocycles. The molecule has 0 bridgehead atoms. The highest BCUT2D eigenvalue weighted by Gasteiger charge is 2.03. The number of nitrogens with one attached hydrogen (secondary N) is 2. The van der Waals surface area contributed by atoms with Gasteiger partial charge in [0.25, 0.3) is 0 Å². The van der Waals surface area contributed by atoms with Crippen LogP contribution in [0.25, 0.3) is 0 Å². The third-order valence-corrected chi connectivity index (χ3v) is 4.07. The van der Waals surface area contributed by atoms with E-state index in [1.807, 2.05) is 25.1 Å². The second-order valence-electron chi connectivity index (χ2n) is 4.72. The highest BCUT2D eigenvalue weighted by molar-refractivity contribution is 7.09. The van der Waals surface area contributed by atoms with Crippen LogP contribution in [0.15, 0.2) is 46.8 Å². The maximum absolute atomic E-state index is 5.65. The van der Waals surface area contributed by atoms with Gasteiger partial charge in [-0.25, -0.2) is 0 Å². The Morgan fingerprint density at radius 1 is 1.18 bits per heavy atom. The van der Waals surface area contributed by atoms with E-state index in [1.165, 1.54) is 10.4 Å². The number of thiophene rings is 1. The van der Waals surface area contributed by atoms with Crippen molar-refractivity contribution >= 4 is 17.3 Å². The number of aliphatic imine (C=N–C) groups is 1. The zero-order valence-electron chi connectivity index (χ0n) is 13.1. The molecule has 0 unspecified atom stereocenters. The first-order chi connectivity index (χ1) is 10.8. The standard InChI is InChI=1S/C17H23N3OS/c1-3-21-16-9-5-4-7-14(16)10-11-19-17(18-2)20-13-15-8-6-12-22-15/h4-9,12H,3,10-11,13H2,1-2H3,(H2,18,19,20). The Balaban J connectivity index is 1.79. The van der Waals surface area contributed by atoms with Crippen molar-refractivity contribution in [1.29, 1.82) is 0 Å². The zero-order valence-corrected chi connectivity index (χ0v) is 14.0. The van der Waals surface area contributed by atoms with Gasteiger partial charge in [0.05, 0.1) is 13.2 Å². The van der Waals surface area contributed by atoms with Crippen LogP contribution in [0, 0.1) is 0 Å². The largest absolute Gasteiger partial charge is 0.494 e. The van der Waals surface area contributed by atoms with E-state index in [1.54, 1.807) is 18.4 Å². The lowest BCUT2D eigenvalue weighted by Crippen LogP contribution is -2.37. The number of guanidine groups is 1. The molecule has 0 saturated heterocycles. The molecule has 0 fully saturated rings. The quantitative estimate of drug-likeness (QED) is 0.609. The summed E-state index contributed by atoms with van der Waals surface area (Å²) in [6.45, 7) is 4.31. The summed E-state index contributed by atoms with van der Waals surface area (Å²) in [4.78, 5) is 5.54. The van der Waals surface area contributed by atoms with E-state index in [4.69, 9.17) is 4.74 Å². The summed E-state index contributed by atoms with van der Waals surface area (Å²) < 4.78 is 5.65. The van der Waals surface area contributed by atoms with Crippen LogP contribution in [0.5, 0.6) is 5.75 Å². The van der Waals surface area contributed by atoms with Crippen LogP contribution >= 0.6 is 11.3 Å². The topological polar surface area (TPSA) is 45.6 Å². The van der Waals surface area contributed by atoms with Crippen LogP contribution in [0.4, 0.5) is 0 Å². The lowest BCUT2D eigenvalue weighted by atomic mass is 10.1. The van der Waals surface area contributed by atoms with E-state index in [9.17, 15) is 0 Å². The summed E-state index contributed by atoms with van der Waals surface area (Å²) in [5.41, 5.74) is 1.21. The van der Waals surface area contributed by atoms with Crippen molar-refractivity contribution < 1.29 is 4.74 Å². The van der Waals surface area contributed by atoms with Crippen LogP contribution in [0.3, 0.4) is 0 Å². The summed E-state index contributed by atoms with van der Waals surface area (Å²) in [5.74, 6) is 1.79. The Hall–Kier alpha value is -2.01. The molecule has 1 heterocycles. The Labute approximate surface area is 136 Å². The van der Waals surface area contributed by atoms with Gasteiger partial charge < -0.3 is 15.4 Å². The van der Waals surface area contributed by atoms with Gasteiger partial charge in [-0.15, -0.1) is 11.3 Å². The van der Waals surface area contributed by atoms with Gasteiger partial charge in [-0.05, 0) is 36.4 Å².